The molecule has 0 N–H and O–H groups in total. The monoisotopic (exact) mass is 209 g/mol. The van der Waals surface area contributed by atoms with Gasteiger partial charge in [-0.05, 0) is 31.5 Å². The number of hydrogen-bond donors (Lipinski definition) is 0. The number of hydrogen-bond acceptors (Lipinski definition) is 2. The molecule has 0 aromatic heterocycles. The van der Waals surface area contributed by atoms with E-state index in [0.29, 0.717) is 0 Å². The molecule has 0 saturated carbocycles. The van der Waals surface area contributed by atoms with Gasteiger partial charge >= 0.3 is 0 Å². The van der Waals surface area contributed by atoms with Crippen molar-refractivity contribution >= 4 is 11.6 Å². The van der Waals surface area contributed by atoms with Gasteiger partial charge in [-0.15, -0.1) is 11.6 Å². The highest BCUT2D eigenvalue weighted by molar-refractivity contribution is 6.22. The third kappa shape index (κ3) is 2.93. The largest absolute Gasteiger partial charge is 0.491 e. The minimum atomic E-state index is -0.606. The first-order valence-corrected chi connectivity index (χ1v) is 4.87. The van der Waals surface area contributed by atoms with Crippen LogP contribution in [0.2, 0.25) is 0 Å². The Balaban J connectivity index is 2.85. The van der Waals surface area contributed by atoms with Crippen molar-refractivity contribution in [1.29, 1.82) is 5.26 Å². The van der Waals surface area contributed by atoms with E-state index in [2.05, 4.69) is 0 Å². The van der Waals surface area contributed by atoms with Gasteiger partial charge in [-0.1, -0.05) is 12.1 Å². The van der Waals surface area contributed by atoms with E-state index >= 15 is 0 Å². The summed E-state index contributed by atoms with van der Waals surface area (Å²) in [5.74, 6) is 0.749. The van der Waals surface area contributed by atoms with Crippen molar-refractivity contribution in [3.8, 4) is 11.8 Å². The maximum Gasteiger partial charge on any atom is 0.145 e. The molecule has 0 fully saturated rings. The molecule has 0 aliphatic carbocycles. The Hall–Kier alpha value is -1.20. The molecule has 0 aliphatic heterocycles. The van der Waals surface area contributed by atoms with E-state index in [1.54, 1.807) is 6.07 Å². The molecule has 1 aromatic carbocycles. The van der Waals surface area contributed by atoms with Crippen molar-refractivity contribution in [2.75, 3.05) is 0 Å². The van der Waals surface area contributed by atoms with Gasteiger partial charge in [-0.3, -0.25) is 0 Å². The van der Waals surface area contributed by atoms with Gasteiger partial charge < -0.3 is 4.74 Å². The van der Waals surface area contributed by atoms with Crippen LogP contribution in [0.5, 0.6) is 5.75 Å². The van der Waals surface area contributed by atoms with Crippen LogP contribution in [0, 0.1) is 11.3 Å². The second kappa shape index (κ2) is 4.88. The Kier molecular flexibility index (Phi) is 3.79. The fourth-order valence-electron chi connectivity index (χ4n) is 1.09. The topological polar surface area (TPSA) is 33.0 Å². The fourth-order valence-corrected chi connectivity index (χ4v) is 1.23. The zero-order valence-electron chi connectivity index (χ0n) is 8.20. The fraction of sp³-hybridized carbons (Fsp3) is 0.364. The summed E-state index contributed by atoms with van der Waals surface area (Å²) in [7, 11) is 0. The number of ether oxygens (including phenoxy) is 1. The van der Waals surface area contributed by atoms with E-state index < -0.39 is 5.38 Å². The van der Waals surface area contributed by atoms with Crippen molar-refractivity contribution < 1.29 is 4.74 Å². The summed E-state index contributed by atoms with van der Waals surface area (Å²) in [6.45, 7) is 3.91. The van der Waals surface area contributed by atoms with E-state index in [1.165, 1.54) is 0 Å². The number of nitrogens with zero attached hydrogens (tertiary/aromatic N) is 1. The summed E-state index contributed by atoms with van der Waals surface area (Å²) in [5, 5.41) is 8.03. The van der Waals surface area contributed by atoms with Crippen LogP contribution >= 0.6 is 11.6 Å². The lowest BCUT2D eigenvalue weighted by molar-refractivity contribution is 0.242. The van der Waals surface area contributed by atoms with Gasteiger partial charge in [-0.25, -0.2) is 0 Å². The molecule has 3 heteroatoms. The maximum atomic E-state index is 8.64. The van der Waals surface area contributed by atoms with E-state index in [-0.39, 0.29) is 6.10 Å². The van der Waals surface area contributed by atoms with E-state index in [0.717, 1.165) is 11.3 Å². The minimum Gasteiger partial charge on any atom is -0.491 e. The van der Waals surface area contributed by atoms with Gasteiger partial charge in [0.15, 0.2) is 0 Å². The summed E-state index contributed by atoms with van der Waals surface area (Å²) < 4.78 is 5.48. The van der Waals surface area contributed by atoms with Gasteiger partial charge in [0.25, 0.3) is 0 Å². The van der Waals surface area contributed by atoms with Crippen molar-refractivity contribution in [3.05, 3.63) is 29.8 Å². The van der Waals surface area contributed by atoms with E-state index in [9.17, 15) is 0 Å². The lowest BCUT2D eigenvalue weighted by atomic mass is 10.1. The number of nitriles is 1. The summed E-state index contributed by atoms with van der Waals surface area (Å²) in [6.07, 6.45) is 0.126. The number of alkyl halides is 1. The first-order valence-electron chi connectivity index (χ1n) is 4.44. The lowest BCUT2D eigenvalue weighted by Gasteiger charge is -2.10. The average molecular weight is 210 g/mol. The molecular formula is C11H12ClNO. The molecule has 0 spiro atoms. The van der Waals surface area contributed by atoms with Crippen LogP contribution in [0.3, 0.4) is 0 Å². The Morgan fingerprint density at radius 3 is 2.71 bits per heavy atom. The molecule has 1 rings (SSSR count). The number of halogens is 1. The molecule has 1 aromatic rings. The second-order valence-electron chi connectivity index (χ2n) is 3.23. The van der Waals surface area contributed by atoms with Crippen LogP contribution in [-0.4, -0.2) is 6.10 Å². The molecule has 0 heterocycles. The maximum absolute atomic E-state index is 8.64. The molecule has 74 valence electrons. The summed E-state index contributed by atoms with van der Waals surface area (Å²) in [4.78, 5) is 0. The van der Waals surface area contributed by atoms with Crippen LogP contribution < -0.4 is 4.74 Å². The normalized spacial score (nSPS) is 12.2. The lowest BCUT2D eigenvalue weighted by Crippen LogP contribution is -2.05. The molecule has 0 amide bonds. The molecule has 0 radical (unpaired) electrons. The highest BCUT2D eigenvalue weighted by atomic mass is 35.5. The molecular weight excluding hydrogens is 198 g/mol. The van der Waals surface area contributed by atoms with Crippen LogP contribution in [-0.2, 0) is 0 Å². The summed E-state index contributed by atoms with van der Waals surface area (Å²) in [6, 6.07) is 9.26. The van der Waals surface area contributed by atoms with Gasteiger partial charge in [0, 0.05) is 0 Å². The average Bonchev–Trinajstić information content (AvgIpc) is 2.16. The molecule has 0 saturated heterocycles. The standard InChI is InChI=1S/C11H12ClNO/c1-8(2)14-10-5-3-4-9(6-10)11(12)7-13/h3-6,8,11H,1-2H3. The van der Waals surface area contributed by atoms with Crippen molar-refractivity contribution in [1.82, 2.24) is 0 Å². The van der Waals surface area contributed by atoms with Gasteiger partial charge in [0.2, 0.25) is 0 Å². The zero-order valence-corrected chi connectivity index (χ0v) is 8.95. The molecule has 0 aliphatic rings. The first-order chi connectivity index (χ1) is 6.63. The van der Waals surface area contributed by atoms with Crippen molar-refractivity contribution in [2.24, 2.45) is 0 Å². The van der Waals surface area contributed by atoms with Crippen LogP contribution in [0.1, 0.15) is 24.8 Å². The highest BCUT2D eigenvalue weighted by Crippen LogP contribution is 2.23. The summed E-state index contributed by atoms with van der Waals surface area (Å²) >= 11 is 5.78. The Bertz CT molecular complexity index is 343. The van der Waals surface area contributed by atoms with E-state index in [1.807, 2.05) is 38.1 Å². The SMILES string of the molecule is CC(C)Oc1cccc(C(Cl)C#N)c1. The van der Waals surface area contributed by atoms with Crippen molar-refractivity contribution in [2.45, 2.75) is 25.3 Å². The predicted molar refractivity (Wildman–Crippen MR) is 56.4 cm³/mol. The quantitative estimate of drug-likeness (QED) is 0.716. The second-order valence-corrected chi connectivity index (χ2v) is 3.67. The Morgan fingerprint density at radius 2 is 2.14 bits per heavy atom. The van der Waals surface area contributed by atoms with E-state index in [4.69, 9.17) is 21.6 Å². The molecule has 14 heavy (non-hydrogen) atoms. The van der Waals surface area contributed by atoms with Gasteiger partial charge in [0.1, 0.15) is 11.1 Å². The van der Waals surface area contributed by atoms with Crippen LogP contribution in [0.4, 0.5) is 0 Å². The zero-order chi connectivity index (χ0) is 10.6. The third-order valence-corrected chi connectivity index (χ3v) is 1.99. The molecule has 2 nitrogen and oxygen atoms in total. The molecule has 0 bridgehead atoms. The predicted octanol–water partition coefficient (Wildman–Crippen LogP) is 3.28. The Morgan fingerprint density at radius 1 is 1.43 bits per heavy atom. The number of benzene rings is 1. The minimum absolute atomic E-state index is 0.126. The van der Waals surface area contributed by atoms with Gasteiger partial charge in [0.05, 0.1) is 12.2 Å². The van der Waals surface area contributed by atoms with Crippen molar-refractivity contribution in [3.63, 3.8) is 0 Å². The summed E-state index contributed by atoms with van der Waals surface area (Å²) in [5.41, 5.74) is 0.771. The van der Waals surface area contributed by atoms with Crippen LogP contribution in [0.25, 0.3) is 0 Å². The number of rotatable bonds is 3. The highest BCUT2D eigenvalue weighted by Gasteiger charge is 2.07. The molecule has 1 unspecified atom stereocenters. The Labute approximate surface area is 89.1 Å². The first kappa shape index (κ1) is 10.9. The molecule has 1 atom stereocenters. The third-order valence-electron chi connectivity index (χ3n) is 1.64. The van der Waals surface area contributed by atoms with Gasteiger partial charge in [-0.2, -0.15) is 5.26 Å². The smallest absolute Gasteiger partial charge is 0.145 e. The van der Waals surface area contributed by atoms with Crippen LogP contribution in [0.15, 0.2) is 24.3 Å².